The third-order valence-corrected chi connectivity index (χ3v) is 4.99. The largest absolute Gasteiger partial charge is 0.480 e. The van der Waals surface area contributed by atoms with Gasteiger partial charge < -0.3 is 5.11 Å². The molecule has 3 nitrogen and oxygen atoms in total. The van der Waals surface area contributed by atoms with Gasteiger partial charge in [0.2, 0.25) is 0 Å². The fourth-order valence-corrected chi connectivity index (χ4v) is 3.93. The lowest BCUT2D eigenvalue weighted by atomic mass is 9.84. The first kappa shape index (κ1) is 13.6. The van der Waals surface area contributed by atoms with Gasteiger partial charge in [0, 0.05) is 12.6 Å². The monoisotopic (exact) mass is 273 g/mol. The molecule has 3 rings (SSSR count). The Balaban J connectivity index is 1.80. The molecule has 3 atom stereocenters. The molecule has 1 heterocycles. The van der Waals surface area contributed by atoms with Gasteiger partial charge in [-0.1, -0.05) is 42.7 Å². The van der Waals surface area contributed by atoms with Crippen LogP contribution < -0.4 is 0 Å². The van der Waals surface area contributed by atoms with Gasteiger partial charge in [0.1, 0.15) is 6.04 Å². The Bertz CT molecular complexity index is 482. The van der Waals surface area contributed by atoms with Crippen molar-refractivity contribution in [2.24, 2.45) is 5.92 Å². The van der Waals surface area contributed by atoms with Crippen molar-refractivity contribution in [3.8, 4) is 0 Å². The molecule has 1 N–H and O–H groups in total. The van der Waals surface area contributed by atoms with Gasteiger partial charge in [-0.25, -0.2) is 0 Å². The molecule has 0 spiro atoms. The standard InChI is InChI=1S/C17H23NO2/c1-12-6-8-13(9-7-12)11-18-15-5-3-2-4-14(15)10-16(18)17(19)20/h6-9,14-16H,2-5,10-11H2,1H3,(H,19,20). The lowest BCUT2D eigenvalue weighted by Crippen LogP contribution is -2.41. The number of carbonyl (C=O) groups is 1. The summed E-state index contributed by atoms with van der Waals surface area (Å²) in [5.74, 6) is -0.0539. The van der Waals surface area contributed by atoms with Crippen molar-refractivity contribution in [3.63, 3.8) is 0 Å². The van der Waals surface area contributed by atoms with Crippen LogP contribution in [0.15, 0.2) is 24.3 Å². The molecule has 3 heteroatoms. The number of aryl methyl sites for hydroxylation is 1. The number of carboxylic acid groups (broad SMARTS) is 1. The average Bonchev–Trinajstić information content (AvgIpc) is 2.81. The Kier molecular flexibility index (Phi) is 3.79. The molecule has 2 aliphatic rings. The molecule has 3 unspecified atom stereocenters. The van der Waals surface area contributed by atoms with Gasteiger partial charge in [0.15, 0.2) is 0 Å². The minimum Gasteiger partial charge on any atom is -0.480 e. The Morgan fingerprint density at radius 2 is 1.95 bits per heavy atom. The van der Waals surface area contributed by atoms with Gasteiger partial charge in [0.25, 0.3) is 0 Å². The van der Waals surface area contributed by atoms with Gasteiger partial charge in [-0.15, -0.1) is 0 Å². The molecule has 0 bridgehead atoms. The molecule has 1 aliphatic heterocycles. The van der Waals surface area contributed by atoms with Gasteiger partial charge >= 0.3 is 5.97 Å². The third-order valence-electron chi connectivity index (χ3n) is 4.99. The summed E-state index contributed by atoms with van der Waals surface area (Å²) in [5, 5.41) is 9.51. The number of nitrogens with zero attached hydrogens (tertiary/aromatic N) is 1. The molecular formula is C17H23NO2. The number of benzene rings is 1. The topological polar surface area (TPSA) is 40.5 Å². The van der Waals surface area contributed by atoms with Crippen molar-refractivity contribution in [2.75, 3.05) is 0 Å². The fraction of sp³-hybridized carbons (Fsp3) is 0.588. The summed E-state index contributed by atoms with van der Waals surface area (Å²) in [7, 11) is 0. The average molecular weight is 273 g/mol. The zero-order valence-corrected chi connectivity index (χ0v) is 12.1. The normalized spacial score (nSPS) is 30.1. The van der Waals surface area contributed by atoms with Crippen molar-refractivity contribution in [2.45, 2.75) is 57.7 Å². The Hall–Kier alpha value is -1.35. The Morgan fingerprint density at radius 1 is 1.25 bits per heavy atom. The zero-order chi connectivity index (χ0) is 14.1. The molecule has 1 aromatic carbocycles. The number of aliphatic carboxylic acids is 1. The second-order valence-corrected chi connectivity index (χ2v) is 6.36. The number of likely N-dealkylation sites (tertiary alicyclic amines) is 1. The molecular weight excluding hydrogens is 250 g/mol. The Labute approximate surface area is 120 Å². The van der Waals surface area contributed by atoms with Crippen molar-refractivity contribution in [1.82, 2.24) is 4.90 Å². The van der Waals surface area contributed by atoms with Crippen LogP contribution in [-0.2, 0) is 11.3 Å². The molecule has 20 heavy (non-hydrogen) atoms. The molecule has 1 aromatic rings. The van der Waals surface area contributed by atoms with Crippen LogP contribution in [0.4, 0.5) is 0 Å². The van der Waals surface area contributed by atoms with E-state index in [4.69, 9.17) is 0 Å². The number of fused-ring (bicyclic) bond motifs is 1. The van der Waals surface area contributed by atoms with E-state index in [1.165, 1.54) is 36.8 Å². The van der Waals surface area contributed by atoms with Crippen LogP contribution in [0.1, 0.15) is 43.2 Å². The fourth-order valence-electron chi connectivity index (χ4n) is 3.93. The number of hydrogen-bond donors (Lipinski definition) is 1. The number of rotatable bonds is 3. The van der Waals surface area contributed by atoms with E-state index >= 15 is 0 Å². The van der Waals surface area contributed by atoms with Gasteiger partial charge in [-0.2, -0.15) is 0 Å². The maximum absolute atomic E-state index is 11.6. The third kappa shape index (κ3) is 2.59. The summed E-state index contributed by atoms with van der Waals surface area (Å²) in [6.07, 6.45) is 5.73. The lowest BCUT2D eigenvalue weighted by molar-refractivity contribution is -0.142. The first-order valence-corrected chi connectivity index (χ1v) is 7.69. The predicted molar refractivity (Wildman–Crippen MR) is 78.5 cm³/mol. The van der Waals surface area contributed by atoms with Crippen LogP contribution in [0, 0.1) is 12.8 Å². The first-order chi connectivity index (χ1) is 9.65. The highest BCUT2D eigenvalue weighted by molar-refractivity contribution is 5.74. The van der Waals surface area contributed by atoms with Crippen LogP contribution in [0.5, 0.6) is 0 Å². The number of hydrogen-bond acceptors (Lipinski definition) is 2. The van der Waals surface area contributed by atoms with Crippen LogP contribution >= 0.6 is 0 Å². The first-order valence-electron chi connectivity index (χ1n) is 7.69. The molecule has 108 valence electrons. The van der Waals surface area contributed by atoms with Gasteiger partial charge in [-0.3, -0.25) is 9.69 Å². The predicted octanol–water partition coefficient (Wildman–Crippen LogP) is 3.21. The summed E-state index contributed by atoms with van der Waals surface area (Å²) in [4.78, 5) is 13.8. The van der Waals surface area contributed by atoms with Crippen molar-refractivity contribution in [1.29, 1.82) is 0 Å². The lowest BCUT2D eigenvalue weighted by Gasteiger charge is -2.33. The molecule has 1 aliphatic carbocycles. The van der Waals surface area contributed by atoms with Gasteiger partial charge in [0.05, 0.1) is 0 Å². The summed E-state index contributed by atoms with van der Waals surface area (Å²) < 4.78 is 0. The number of carboxylic acids is 1. The highest BCUT2D eigenvalue weighted by atomic mass is 16.4. The van der Waals surface area contributed by atoms with E-state index in [-0.39, 0.29) is 6.04 Å². The molecule has 2 fully saturated rings. The van der Waals surface area contributed by atoms with Crippen LogP contribution in [0.2, 0.25) is 0 Å². The highest BCUT2D eigenvalue weighted by Crippen LogP contribution is 2.40. The van der Waals surface area contributed by atoms with Crippen molar-refractivity contribution >= 4 is 5.97 Å². The molecule has 0 amide bonds. The van der Waals surface area contributed by atoms with Crippen molar-refractivity contribution in [3.05, 3.63) is 35.4 Å². The zero-order valence-electron chi connectivity index (χ0n) is 12.1. The van der Waals surface area contributed by atoms with Crippen LogP contribution in [0.3, 0.4) is 0 Å². The van der Waals surface area contributed by atoms with Gasteiger partial charge in [-0.05, 0) is 37.7 Å². The summed E-state index contributed by atoms with van der Waals surface area (Å²) in [6.45, 7) is 2.86. The quantitative estimate of drug-likeness (QED) is 0.919. The second kappa shape index (κ2) is 5.57. The minimum absolute atomic E-state index is 0.288. The van der Waals surface area contributed by atoms with E-state index in [1.807, 2.05) is 0 Å². The van der Waals surface area contributed by atoms with E-state index in [1.54, 1.807) is 0 Å². The smallest absolute Gasteiger partial charge is 0.320 e. The van der Waals surface area contributed by atoms with E-state index in [0.29, 0.717) is 12.0 Å². The van der Waals surface area contributed by atoms with Crippen LogP contribution in [-0.4, -0.2) is 28.1 Å². The minimum atomic E-state index is -0.647. The highest BCUT2D eigenvalue weighted by Gasteiger charge is 2.44. The summed E-state index contributed by atoms with van der Waals surface area (Å²) in [6, 6.07) is 8.67. The second-order valence-electron chi connectivity index (χ2n) is 6.36. The van der Waals surface area contributed by atoms with E-state index in [2.05, 4.69) is 36.1 Å². The maximum atomic E-state index is 11.6. The Morgan fingerprint density at radius 3 is 2.65 bits per heavy atom. The summed E-state index contributed by atoms with van der Waals surface area (Å²) in [5.41, 5.74) is 2.48. The maximum Gasteiger partial charge on any atom is 0.320 e. The molecule has 0 aromatic heterocycles. The molecule has 1 saturated carbocycles. The van der Waals surface area contributed by atoms with E-state index in [9.17, 15) is 9.90 Å². The van der Waals surface area contributed by atoms with E-state index in [0.717, 1.165) is 13.0 Å². The van der Waals surface area contributed by atoms with Crippen molar-refractivity contribution < 1.29 is 9.90 Å². The molecule has 0 radical (unpaired) electrons. The SMILES string of the molecule is Cc1ccc(CN2C(C(=O)O)CC3CCCCC32)cc1. The van der Waals surface area contributed by atoms with Crippen LogP contribution in [0.25, 0.3) is 0 Å². The van der Waals surface area contributed by atoms with E-state index < -0.39 is 5.97 Å². The molecule has 1 saturated heterocycles. The summed E-state index contributed by atoms with van der Waals surface area (Å²) >= 11 is 0.